The summed E-state index contributed by atoms with van der Waals surface area (Å²) in [6.07, 6.45) is 0. The van der Waals surface area contributed by atoms with Crippen LogP contribution in [0.4, 0.5) is 14.5 Å². The van der Waals surface area contributed by atoms with Gasteiger partial charge in [-0.05, 0) is 6.07 Å². The average molecular weight is 154 g/mol. The molecular weight excluding hydrogens is 150 g/mol. The molecule has 0 radical (unpaired) electrons. The molecule has 0 spiro atoms. The van der Waals surface area contributed by atoms with E-state index in [2.05, 4.69) is 0 Å². The van der Waals surface area contributed by atoms with E-state index in [4.69, 9.17) is 11.0 Å². The third-order valence-electron chi connectivity index (χ3n) is 1.21. The van der Waals surface area contributed by atoms with Crippen LogP contribution in [-0.2, 0) is 0 Å². The lowest BCUT2D eigenvalue weighted by molar-refractivity contribution is 0.509. The van der Waals surface area contributed by atoms with Gasteiger partial charge in [0.1, 0.15) is 6.07 Å². The Kier molecular flexibility index (Phi) is 1.73. The summed E-state index contributed by atoms with van der Waals surface area (Å²) in [5, 5.41) is 8.31. The Labute approximate surface area is 61.9 Å². The minimum atomic E-state index is -1.06. The van der Waals surface area contributed by atoms with Crippen LogP contribution in [0.25, 0.3) is 0 Å². The Balaban J connectivity index is 3.35. The predicted molar refractivity (Wildman–Crippen MR) is 35.5 cm³/mol. The van der Waals surface area contributed by atoms with Crippen molar-refractivity contribution >= 4 is 5.69 Å². The van der Waals surface area contributed by atoms with E-state index in [1.54, 1.807) is 6.07 Å². The SMILES string of the molecule is N#Cc1cc(F)c(F)cc1N. The van der Waals surface area contributed by atoms with Crippen LogP contribution >= 0.6 is 0 Å². The second kappa shape index (κ2) is 2.54. The first-order valence-corrected chi connectivity index (χ1v) is 2.79. The Morgan fingerprint density at radius 2 is 1.82 bits per heavy atom. The highest BCUT2D eigenvalue weighted by Crippen LogP contribution is 2.15. The molecule has 0 saturated carbocycles. The number of hydrogen-bond acceptors (Lipinski definition) is 2. The van der Waals surface area contributed by atoms with Crippen molar-refractivity contribution in [1.29, 1.82) is 5.26 Å². The number of halogens is 2. The topological polar surface area (TPSA) is 49.8 Å². The second-order valence-corrected chi connectivity index (χ2v) is 1.97. The first-order valence-electron chi connectivity index (χ1n) is 2.79. The van der Waals surface area contributed by atoms with Gasteiger partial charge in [-0.15, -0.1) is 0 Å². The summed E-state index contributed by atoms with van der Waals surface area (Å²) in [7, 11) is 0. The van der Waals surface area contributed by atoms with Gasteiger partial charge >= 0.3 is 0 Å². The van der Waals surface area contributed by atoms with E-state index in [1.807, 2.05) is 0 Å². The number of anilines is 1. The third-order valence-corrected chi connectivity index (χ3v) is 1.21. The van der Waals surface area contributed by atoms with Gasteiger partial charge < -0.3 is 5.73 Å². The lowest BCUT2D eigenvalue weighted by Crippen LogP contribution is -1.94. The maximum atomic E-state index is 12.4. The molecule has 1 aromatic rings. The van der Waals surface area contributed by atoms with Gasteiger partial charge in [0.2, 0.25) is 0 Å². The molecule has 0 bridgehead atoms. The molecule has 2 N–H and O–H groups in total. The van der Waals surface area contributed by atoms with Gasteiger partial charge in [0.05, 0.1) is 11.3 Å². The van der Waals surface area contributed by atoms with Crippen LogP contribution in [0.3, 0.4) is 0 Å². The highest BCUT2D eigenvalue weighted by atomic mass is 19.2. The van der Waals surface area contributed by atoms with Crippen molar-refractivity contribution in [1.82, 2.24) is 0 Å². The van der Waals surface area contributed by atoms with E-state index in [9.17, 15) is 8.78 Å². The molecule has 11 heavy (non-hydrogen) atoms. The van der Waals surface area contributed by atoms with Crippen LogP contribution < -0.4 is 5.73 Å². The van der Waals surface area contributed by atoms with E-state index in [-0.39, 0.29) is 11.3 Å². The lowest BCUT2D eigenvalue weighted by atomic mass is 10.2. The summed E-state index contributed by atoms with van der Waals surface area (Å²) in [5.41, 5.74) is 5.07. The minimum absolute atomic E-state index is 0.0496. The first kappa shape index (κ1) is 7.48. The summed E-state index contributed by atoms with van der Waals surface area (Å²) >= 11 is 0. The van der Waals surface area contributed by atoms with E-state index in [0.29, 0.717) is 0 Å². The molecule has 1 aromatic carbocycles. The molecule has 2 nitrogen and oxygen atoms in total. The molecule has 56 valence electrons. The smallest absolute Gasteiger partial charge is 0.160 e. The molecule has 1 rings (SSSR count). The normalized spacial score (nSPS) is 9.18. The fourth-order valence-corrected chi connectivity index (χ4v) is 0.659. The van der Waals surface area contributed by atoms with Crippen LogP contribution in [0.5, 0.6) is 0 Å². The van der Waals surface area contributed by atoms with Crippen LogP contribution in [0.2, 0.25) is 0 Å². The molecule has 0 saturated heterocycles. The van der Waals surface area contributed by atoms with E-state index < -0.39 is 11.6 Å². The van der Waals surface area contributed by atoms with Gasteiger partial charge in [-0.25, -0.2) is 8.78 Å². The summed E-state index contributed by atoms with van der Waals surface area (Å²) in [4.78, 5) is 0. The van der Waals surface area contributed by atoms with Crippen LogP contribution in [-0.4, -0.2) is 0 Å². The monoisotopic (exact) mass is 154 g/mol. The lowest BCUT2D eigenvalue weighted by Gasteiger charge is -1.96. The fraction of sp³-hybridized carbons (Fsp3) is 0. The summed E-state index contributed by atoms with van der Waals surface area (Å²) in [6, 6.07) is 3.19. The van der Waals surface area contributed by atoms with Crippen molar-refractivity contribution < 1.29 is 8.78 Å². The molecule has 4 heteroatoms. The zero-order valence-electron chi connectivity index (χ0n) is 5.44. The van der Waals surface area contributed by atoms with Crippen molar-refractivity contribution in [2.75, 3.05) is 5.73 Å². The number of nitriles is 1. The van der Waals surface area contributed by atoms with Crippen molar-refractivity contribution in [3.63, 3.8) is 0 Å². The standard InChI is InChI=1S/C7H4F2N2/c8-5-1-4(3-10)7(11)2-6(5)9/h1-2H,11H2. The van der Waals surface area contributed by atoms with Gasteiger partial charge in [0.25, 0.3) is 0 Å². The molecular formula is C7H4F2N2. The summed E-state index contributed by atoms with van der Waals surface area (Å²) < 4.78 is 24.7. The average Bonchev–Trinajstić information content (AvgIpc) is 1.97. The molecule has 0 aromatic heterocycles. The Morgan fingerprint density at radius 1 is 1.27 bits per heavy atom. The van der Waals surface area contributed by atoms with Gasteiger partial charge in [0.15, 0.2) is 11.6 Å². The molecule has 0 atom stereocenters. The maximum absolute atomic E-state index is 12.4. The molecule has 0 aliphatic carbocycles. The predicted octanol–water partition coefficient (Wildman–Crippen LogP) is 1.42. The molecule has 0 amide bonds. The highest BCUT2D eigenvalue weighted by molar-refractivity contribution is 5.53. The number of nitrogens with zero attached hydrogens (tertiary/aromatic N) is 1. The van der Waals surface area contributed by atoms with Crippen LogP contribution in [0.1, 0.15) is 5.56 Å². The zero-order valence-corrected chi connectivity index (χ0v) is 5.44. The van der Waals surface area contributed by atoms with Gasteiger partial charge in [-0.2, -0.15) is 5.26 Å². The Bertz CT molecular complexity index is 328. The molecule has 0 unspecified atom stereocenters. The van der Waals surface area contributed by atoms with Gasteiger partial charge in [0, 0.05) is 6.07 Å². The maximum Gasteiger partial charge on any atom is 0.160 e. The number of hydrogen-bond donors (Lipinski definition) is 1. The molecule has 0 heterocycles. The summed E-state index contributed by atoms with van der Waals surface area (Å²) in [6.45, 7) is 0. The number of rotatable bonds is 0. The van der Waals surface area contributed by atoms with Crippen LogP contribution in [0, 0.1) is 23.0 Å². The molecule has 0 aliphatic rings. The largest absolute Gasteiger partial charge is 0.398 e. The molecule has 0 aliphatic heterocycles. The quantitative estimate of drug-likeness (QED) is 0.574. The van der Waals surface area contributed by atoms with E-state index in [1.165, 1.54) is 0 Å². The van der Waals surface area contributed by atoms with Crippen LogP contribution in [0.15, 0.2) is 12.1 Å². The fourth-order valence-electron chi connectivity index (χ4n) is 0.659. The number of nitrogens with two attached hydrogens (primary N) is 1. The van der Waals surface area contributed by atoms with Crippen molar-refractivity contribution in [2.24, 2.45) is 0 Å². The van der Waals surface area contributed by atoms with Gasteiger partial charge in [-0.1, -0.05) is 0 Å². The Morgan fingerprint density at radius 3 is 2.36 bits per heavy atom. The van der Waals surface area contributed by atoms with E-state index in [0.717, 1.165) is 12.1 Å². The number of nitrogen functional groups attached to an aromatic ring is 1. The molecule has 0 fully saturated rings. The first-order chi connectivity index (χ1) is 5.15. The van der Waals surface area contributed by atoms with E-state index >= 15 is 0 Å². The minimum Gasteiger partial charge on any atom is -0.398 e. The zero-order chi connectivity index (χ0) is 8.43. The highest BCUT2D eigenvalue weighted by Gasteiger charge is 2.05. The van der Waals surface area contributed by atoms with Crippen molar-refractivity contribution in [2.45, 2.75) is 0 Å². The third kappa shape index (κ3) is 1.27. The Hall–Kier alpha value is -1.63. The number of benzene rings is 1. The van der Waals surface area contributed by atoms with Crippen molar-refractivity contribution in [3.05, 3.63) is 29.3 Å². The summed E-state index contributed by atoms with van der Waals surface area (Å²) in [5.74, 6) is -2.10. The van der Waals surface area contributed by atoms with Gasteiger partial charge in [-0.3, -0.25) is 0 Å². The second-order valence-electron chi connectivity index (χ2n) is 1.97. The van der Waals surface area contributed by atoms with Crippen molar-refractivity contribution in [3.8, 4) is 6.07 Å².